The lowest BCUT2D eigenvalue weighted by molar-refractivity contribution is 0.338. The van der Waals surface area contributed by atoms with Gasteiger partial charge < -0.3 is 4.74 Å². The lowest BCUT2D eigenvalue weighted by Crippen LogP contribution is -2.23. The molecule has 0 aliphatic carbocycles. The Morgan fingerprint density at radius 1 is 1.03 bits per heavy atom. The summed E-state index contributed by atoms with van der Waals surface area (Å²) in [6.45, 7) is 4.56. The summed E-state index contributed by atoms with van der Waals surface area (Å²) < 4.78 is 9.33. The van der Waals surface area contributed by atoms with E-state index in [9.17, 15) is 4.79 Å². The molecule has 0 saturated heterocycles. The highest BCUT2D eigenvalue weighted by Crippen LogP contribution is 2.30. The van der Waals surface area contributed by atoms with E-state index >= 15 is 0 Å². The predicted octanol–water partition coefficient (Wildman–Crippen LogP) is 6.23. The zero-order chi connectivity index (χ0) is 27.1. The maximum atomic E-state index is 13.4. The summed E-state index contributed by atoms with van der Waals surface area (Å²) >= 11 is 13.6. The minimum atomic E-state index is -0.264. The number of rotatable bonds is 6. The second-order valence-corrected chi connectivity index (χ2v) is 10.6. The molecule has 0 bridgehead atoms. The zero-order valence-electron chi connectivity index (χ0n) is 20.9. The average Bonchev–Trinajstić information content (AvgIpc) is 3.61. The molecule has 194 valence electrons. The summed E-state index contributed by atoms with van der Waals surface area (Å²) in [6.07, 6.45) is 3.76. The van der Waals surface area contributed by atoms with Crippen LogP contribution in [0.5, 0.6) is 5.75 Å². The summed E-state index contributed by atoms with van der Waals surface area (Å²) in [4.78, 5) is 18.4. The third-order valence-corrected chi connectivity index (χ3v) is 7.66. The van der Waals surface area contributed by atoms with Crippen LogP contribution in [0.1, 0.15) is 18.1 Å². The Morgan fingerprint density at radius 2 is 1.85 bits per heavy atom. The van der Waals surface area contributed by atoms with E-state index in [1.807, 2.05) is 79.3 Å². The van der Waals surface area contributed by atoms with Crippen LogP contribution in [0.3, 0.4) is 0 Å². The Labute approximate surface area is 237 Å². The van der Waals surface area contributed by atoms with Gasteiger partial charge in [0.25, 0.3) is 5.56 Å². The third kappa shape index (κ3) is 4.83. The van der Waals surface area contributed by atoms with Crippen molar-refractivity contribution in [1.29, 1.82) is 0 Å². The van der Waals surface area contributed by atoms with Crippen LogP contribution in [0.15, 0.2) is 77.7 Å². The van der Waals surface area contributed by atoms with Gasteiger partial charge in [0.05, 0.1) is 21.8 Å². The zero-order valence-corrected chi connectivity index (χ0v) is 23.3. The molecular weight excluding hydrogens is 553 g/mol. The van der Waals surface area contributed by atoms with Gasteiger partial charge in [0, 0.05) is 27.9 Å². The molecule has 6 rings (SSSR count). The van der Waals surface area contributed by atoms with Crippen molar-refractivity contribution in [2.24, 2.45) is 0 Å². The largest absolute Gasteiger partial charge is 0.494 e. The number of fused-ring (bicyclic) bond motifs is 1. The highest BCUT2D eigenvalue weighted by Gasteiger charge is 2.17. The van der Waals surface area contributed by atoms with E-state index in [4.69, 9.17) is 33.0 Å². The number of para-hydroxylation sites is 1. The molecule has 0 N–H and O–H groups in total. The normalized spacial score (nSPS) is 11.9. The van der Waals surface area contributed by atoms with Gasteiger partial charge >= 0.3 is 0 Å². The molecule has 0 spiro atoms. The fraction of sp³-hybridized carbons (Fsp3) is 0.103. The Hall–Kier alpha value is -3.98. The lowest BCUT2D eigenvalue weighted by atomic mass is 10.0. The van der Waals surface area contributed by atoms with Crippen LogP contribution in [0.4, 0.5) is 0 Å². The molecule has 3 heterocycles. The summed E-state index contributed by atoms with van der Waals surface area (Å²) in [7, 11) is 0. The van der Waals surface area contributed by atoms with Crippen LogP contribution >= 0.6 is 34.5 Å². The minimum absolute atomic E-state index is 0.264. The molecule has 0 fully saturated rings. The van der Waals surface area contributed by atoms with E-state index in [1.165, 1.54) is 15.9 Å². The summed E-state index contributed by atoms with van der Waals surface area (Å²) in [5.74, 6) is 1.20. The van der Waals surface area contributed by atoms with Gasteiger partial charge in [-0.15, -0.1) is 5.10 Å². The van der Waals surface area contributed by atoms with Gasteiger partial charge in [-0.1, -0.05) is 52.7 Å². The topological polar surface area (TPSA) is 74.3 Å². The number of aromatic nitrogens is 5. The van der Waals surface area contributed by atoms with E-state index in [2.05, 4.69) is 10.1 Å². The summed E-state index contributed by atoms with van der Waals surface area (Å²) in [5.41, 5.74) is 4.73. The van der Waals surface area contributed by atoms with Gasteiger partial charge in [0.2, 0.25) is 4.96 Å². The van der Waals surface area contributed by atoms with Gasteiger partial charge in [-0.3, -0.25) is 4.79 Å². The first-order chi connectivity index (χ1) is 18.9. The van der Waals surface area contributed by atoms with Gasteiger partial charge in [0.15, 0.2) is 5.82 Å². The third-order valence-electron chi connectivity index (χ3n) is 6.15. The molecule has 7 nitrogen and oxygen atoms in total. The second kappa shape index (κ2) is 10.3. The summed E-state index contributed by atoms with van der Waals surface area (Å²) in [6, 6.07) is 20.9. The number of aryl methyl sites for hydroxylation is 1. The Balaban J connectivity index is 1.47. The molecule has 10 heteroatoms. The molecule has 0 atom stereocenters. The maximum absolute atomic E-state index is 13.4. The van der Waals surface area contributed by atoms with Gasteiger partial charge in [-0.05, 0) is 74.0 Å². The standard InChI is InChI=1S/C29H21Cl2N5O2S/c1-3-38-24-12-9-18(13-17(24)2)26-19(16-35(33-26)21-7-5-4-6-8-21)14-25-28(37)36-29(39-25)32-27(34-36)22-11-10-20(30)15-23(22)31/h4-16H,3H2,1-2H3/b25-14-. The number of ether oxygens (including phenoxy) is 1. The van der Waals surface area contributed by atoms with Crippen LogP contribution in [-0.4, -0.2) is 31.0 Å². The number of hydrogen-bond acceptors (Lipinski definition) is 6. The van der Waals surface area contributed by atoms with Crippen molar-refractivity contribution in [3.63, 3.8) is 0 Å². The number of thiazole rings is 1. The van der Waals surface area contributed by atoms with E-state index < -0.39 is 0 Å². The van der Waals surface area contributed by atoms with Crippen molar-refractivity contribution >= 4 is 45.6 Å². The highest BCUT2D eigenvalue weighted by molar-refractivity contribution is 7.15. The van der Waals surface area contributed by atoms with Crippen molar-refractivity contribution in [3.8, 4) is 34.1 Å². The number of nitrogens with zero attached hydrogens (tertiary/aromatic N) is 5. The summed E-state index contributed by atoms with van der Waals surface area (Å²) in [5, 5.41) is 10.3. The van der Waals surface area contributed by atoms with Crippen LogP contribution in [0.25, 0.3) is 39.4 Å². The molecule has 0 unspecified atom stereocenters. The maximum Gasteiger partial charge on any atom is 0.291 e. The molecule has 39 heavy (non-hydrogen) atoms. The molecule has 0 saturated carbocycles. The molecule has 6 aromatic rings. The fourth-order valence-corrected chi connectivity index (χ4v) is 5.70. The van der Waals surface area contributed by atoms with Crippen molar-refractivity contribution in [2.45, 2.75) is 13.8 Å². The number of hydrogen-bond donors (Lipinski definition) is 0. The SMILES string of the molecule is CCOc1ccc(-c2nn(-c3ccccc3)cc2/C=c2\sc3nc(-c4ccc(Cl)cc4Cl)nn3c2=O)cc1C. The minimum Gasteiger partial charge on any atom is -0.494 e. The number of benzene rings is 3. The van der Waals surface area contributed by atoms with Crippen LogP contribution in [-0.2, 0) is 0 Å². The van der Waals surface area contributed by atoms with E-state index in [0.717, 1.165) is 33.8 Å². The number of halogens is 2. The Kier molecular flexibility index (Phi) is 6.68. The van der Waals surface area contributed by atoms with E-state index in [-0.39, 0.29) is 5.56 Å². The quantitative estimate of drug-likeness (QED) is 0.236. The molecule has 0 radical (unpaired) electrons. The van der Waals surface area contributed by atoms with Crippen LogP contribution in [0.2, 0.25) is 10.0 Å². The van der Waals surface area contributed by atoms with E-state index in [0.29, 0.717) is 37.5 Å². The molecule has 0 aliphatic rings. The lowest BCUT2D eigenvalue weighted by Gasteiger charge is -2.08. The Bertz CT molecular complexity index is 1950. The molecule has 0 aliphatic heterocycles. The fourth-order valence-electron chi connectivity index (χ4n) is 4.30. The van der Waals surface area contributed by atoms with Crippen molar-refractivity contribution in [1.82, 2.24) is 24.4 Å². The second-order valence-electron chi connectivity index (χ2n) is 8.80. The molecular formula is C29H21Cl2N5O2S. The molecule has 3 aromatic carbocycles. The van der Waals surface area contributed by atoms with Gasteiger partial charge in [-0.25, -0.2) is 4.68 Å². The van der Waals surface area contributed by atoms with Crippen molar-refractivity contribution in [3.05, 3.63) is 109 Å². The predicted molar refractivity (Wildman–Crippen MR) is 156 cm³/mol. The van der Waals surface area contributed by atoms with Crippen molar-refractivity contribution < 1.29 is 4.74 Å². The smallest absolute Gasteiger partial charge is 0.291 e. The van der Waals surface area contributed by atoms with Gasteiger partial charge in [0.1, 0.15) is 11.4 Å². The van der Waals surface area contributed by atoms with Crippen LogP contribution in [0, 0.1) is 6.92 Å². The average molecular weight is 574 g/mol. The highest BCUT2D eigenvalue weighted by atomic mass is 35.5. The van der Waals surface area contributed by atoms with E-state index in [1.54, 1.807) is 18.2 Å². The van der Waals surface area contributed by atoms with Gasteiger partial charge in [-0.2, -0.15) is 14.6 Å². The van der Waals surface area contributed by atoms with Crippen LogP contribution < -0.4 is 14.8 Å². The first-order valence-electron chi connectivity index (χ1n) is 12.2. The molecule has 0 amide bonds. The Morgan fingerprint density at radius 3 is 2.56 bits per heavy atom. The molecule has 3 aromatic heterocycles. The first kappa shape index (κ1) is 25.3. The first-order valence-corrected chi connectivity index (χ1v) is 13.7. The van der Waals surface area contributed by atoms with Crippen molar-refractivity contribution in [2.75, 3.05) is 6.61 Å². The monoisotopic (exact) mass is 573 g/mol.